The summed E-state index contributed by atoms with van der Waals surface area (Å²) in [5, 5.41) is 0. The molecule has 0 amide bonds. The maximum absolute atomic E-state index is 11.7. The maximum Gasteiger partial charge on any atom is 0.338 e. The van der Waals surface area contributed by atoms with Gasteiger partial charge in [-0.2, -0.15) is 0 Å². The fraction of sp³-hybridized carbons (Fsp3) is 0.462. The predicted octanol–water partition coefficient (Wildman–Crippen LogP) is 2.54. The van der Waals surface area contributed by atoms with Gasteiger partial charge in [0.15, 0.2) is 0 Å². The number of methoxy groups -OCH3 is 1. The summed E-state index contributed by atoms with van der Waals surface area (Å²) < 4.78 is 10.3. The molecule has 3 heteroatoms. The van der Waals surface area contributed by atoms with Gasteiger partial charge >= 0.3 is 5.97 Å². The lowest BCUT2D eigenvalue weighted by atomic mass is 9.96. The first-order valence-electron chi connectivity index (χ1n) is 5.58. The Balaban J connectivity index is 2.00. The molecule has 0 spiro atoms. The summed E-state index contributed by atoms with van der Waals surface area (Å²) in [6.45, 7) is 0.518. The third-order valence-electron chi connectivity index (χ3n) is 2.80. The molecule has 0 N–H and O–H groups in total. The largest absolute Gasteiger partial charge is 0.459 e. The zero-order chi connectivity index (χ0) is 11.4. The zero-order valence-electron chi connectivity index (χ0n) is 9.44. The van der Waals surface area contributed by atoms with E-state index in [0.29, 0.717) is 12.2 Å². The van der Waals surface area contributed by atoms with Gasteiger partial charge in [0.2, 0.25) is 0 Å². The minimum atomic E-state index is -0.220. The van der Waals surface area contributed by atoms with E-state index in [1.165, 1.54) is 6.42 Å². The second-order valence-corrected chi connectivity index (χ2v) is 4.09. The quantitative estimate of drug-likeness (QED) is 0.731. The predicted molar refractivity (Wildman–Crippen MR) is 60.2 cm³/mol. The van der Waals surface area contributed by atoms with Crippen molar-refractivity contribution in [2.75, 3.05) is 7.11 Å². The van der Waals surface area contributed by atoms with E-state index in [4.69, 9.17) is 9.47 Å². The van der Waals surface area contributed by atoms with Crippen LogP contribution in [0.5, 0.6) is 0 Å². The molecule has 1 aliphatic rings. The van der Waals surface area contributed by atoms with Crippen LogP contribution in [0.15, 0.2) is 24.3 Å². The van der Waals surface area contributed by atoms with Gasteiger partial charge in [-0.25, -0.2) is 4.79 Å². The molecule has 0 bridgehead atoms. The van der Waals surface area contributed by atoms with E-state index in [2.05, 4.69) is 0 Å². The van der Waals surface area contributed by atoms with Gasteiger partial charge in [0.25, 0.3) is 0 Å². The second kappa shape index (κ2) is 5.12. The third-order valence-corrected chi connectivity index (χ3v) is 2.80. The van der Waals surface area contributed by atoms with Crippen molar-refractivity contribution < 1.29 is 14.3 Å². The first-order chi connectivity index (χ1) is 7.79. The van der Waals surface area contributed by atoms with Crippen molar-refractivity contribution in [1.82, 2.24) is 0 Å². The topological polar surface area (TPSA) is 35.5 Å². The fourth-order valence-corrected chi connectivity index (χ4v) is 1.66. The summed E-state index contributed by atoms with van der Waals surface area (Å²) in [5.41, 5.74) is 1.60. The van der Waals surface area contributed by atoms with Crippen LogP contribution in [-0.4, -0.2) is 19.2 Å². The van der Waals surface area contributed by atoms with Gasteiger partial charge in [-0.3, -0.25) is 0 Å². The van der Waals surface area contributed by atoms with Gasteiger partial charge in [0, 0.05) is 7.11 Å². The van der Waals surface area contributed by atoms with Gasteiger partial charge in [0.1, 0.15) is 6.10 Å². The maximum atomic E-state index is 11.7. The molecule has 3 nitrogen and oxygen atoms in total. The number of rotatable bonds is 4. The average Bonchev–Trinajstić information content (AvgIpc) is 2.24. The molecule has 1 saturated carbocycles. The molecule has 0 heterocycles. The Morgan fingerprint density at radius 2 is 2.25 bits per heavy atom. The van der Waals surface area contributed by atoms with E-state index in [9.17, 15) is 4.79 Å². The molecule has 1 aromatic rings. The highest BCUT2D eigenvalue weighted by Gasteiger charge is 2.22. The highest BCUT2D eigenvalue weighted by atomic mass is 16.5. The van der Waals surface area contributed by atoms with Crippen molar-refractivity contribution in [3.8, 4) is 0 Å². The molecule has 0 saturated heterocycles. The normalized spacial score (nSPS) is 15.6. The van der Waals surface area contributed by atoms with Gasteiger partial charge < -0.3 is 9.47 Å². The molecule has 0 atom stereocenters. The molecule has 1 aliphatic carbocycles. The molecular formula is C13H16O3. The van der Waals surface area contributed by atoms with Crippen molar-refractivity contribution in [2.24, 2.45) is 0 Å². The number of hydrogen-bond acceptors (Lipinski definition) is 3. The Labute approximate surface area is 95.4 Å². The first-order valence-corrected chi connectivity index (χ1v) is 5.58. The van der Waals surface area contributed by atoms with Crippen LogP contribution in [0.1, 0.15) is 35.2 Å². The molecule has 0 radical (unpaired) electrons. The Morgan fingerprint density at radius 1 is 1.44 bits per heavy atom. The van der Waals surface area contributed by atoms with Crippen molar-refractivity contribution in [3.05, 3.63) is 35.4 Å². The summed E-state index contributed by atoms with van der Waals surface area (Å²) in [5.74, 6) is -0.220. The third kappa shape index (κ3) is 2.61. The SMILES string of the molecule is COCc1cccc(C(=O)OC2CCC2)c1. The molecule has 86 valence electrons. The van der Waals surface area contributed by atoms with E-state index in [1.807, 2.05) is 18.2 Å². The minimum Gasteiger partial charge on any atom is -0.459 e. The van der Waals surface area contributed by atoms with Gasteiger partial charge in [-0.1, -0.05) is 12.1 Å². The molecule has 0 aliphatic heterocycles. The standard InChI is InChI=1S/C13H16O3/c1-15-9-10-4-2-5-11(8-10)13(14)16-12-6-3-7-12/h2,4-5,8,12H,3,6-7,9H2,1H3. The number of hydrogen-bond donors (Lipinski definition) is 0. The zero-order valence-corrected chi connectivity index (χ0v) is 9.44. The highest BCUT2D eigenvalue weighted by molar-refractivity contribution is 5.89. The van der Waals surface area contributed by atoms with E-state index >= 15 is 0 Å². The highest BCUT2D eigenvalue weighted by Crippen LogP contribution is 2.23. The molecular weight excluding hydrogens is 204 g/mol. The van der Waals surface area contributed by atoms with Crippen LogP contribution >= 0.6 is 0 Å². The van der Waals surface area contributed by atoms with E-state index in [-0.39, 0.29) is 12.1 Å². The summed E-state index contributed by atoms with van der Waals surface area (Å²) >= 11 is 0. The van der Waals surface area contributed by atoms with Gasteiger partial charge in [-0.15, -0.1) is 0 Å². The average molecular weight is 220 g/mol. The van der Waals surface area contributed by atoms with E-state index in [1.54, 1.807) is 13.2 Å². The molecule has 16 heavy (non-hydrogen) atoms. The van der Waals surface area contributed by atoms with Crippen molar-refractivity contribution >= 4 is 5.97 Å². The van der Waals surface area contributed by atoms with Gasteiger partial charge in [0.05, 0.1) is 12.2 Å². The lowest BCUT2D eigenvalue weighted by Gasteiger charge is -2.25. The van der Waals surface area contributed by atoms with Gasteiger partial charge in [-0.05, 0) is 37.0 Å². The molecule has 0 unspecified atom stereocenters. The van der Waals surface area contributed by atoms with Crippen LogP contribution in [-0.2, 0) is 16.1 Å². The first kappa shape index (κ1) is 11.1. The van der Waals surface area contributed by atoms with Crippen LogP contribution in [0.3, 0.4) is 0 Å². The van der Waals surface area contributed by atoms with Crippen LogP contribution in [0.4, 0.5) is 0 Å². The van der Waals surface area contributed by atoms with Crippen molar-refractivity contribution in [1.29, 1.82) is 0 Å². The summed E-state index contributed by atoms with van der Waals surface area (Å²) in [6, 6.07) is 7.39. The fourth-order valence-electron chi connectivity index (χ4n) is 1.66. The Morgan fingerprint density at radius 3 is 2.88 bits per heavy atom. The summed E-state index contributed by atoms with van der Waals surface area (Å²) in [4.78, 5) is 11.7. The Kier molecular flexibility index (Phi) is 3.57. The van der Waals surface area contributed by atoms with Crippen LogP contribution in [0.25, 0.3) is 0 Å². The number of benzene rings is 1. The molecule has 1 aromatic carbocycles. The van der Waals surface area contributed by atoms with Crippen molar-refractivity contribution in [2.45, 2.75) is 32.0 Å². The Hall–Kier alpha value is -1.35. The monoisotopic (exact) mass is 220 g/mol. The van der Waals surface area contributed by atoms with Crippen LogP contribution < -0.4 is 0 Å². The van der Waals surface area contributed by atoms with Crippen molar-refractivity contribution in [3.63, 3.8) is 0 Å². The lowest BCUT2D eigenvalue weighted by Crippen LogP contribution is -2.25. The number of esters is 1. The van der Waals surface area contributed by atoms with Crippen LogP contribution in [0, 0.1) is 0 Å². The second-order valence-electron chi connectivity index (χ2n) is 4.09. The molecule has 2 rings (SSSR count). The summed E-state index contributed by atoms with van der Waals surface area (Å²) in [7, 11) is 1.64. The smallest absolute Gasteiger partial charge is 0.338 e. The van der Waals surface area contributed by atoms with Crippen LogP contribution in [0.2, 0.25) is 0 Å². The minimum absolute atomic E-state index is 0.138. The number of carbonyl (C=O) groups excluding carboxylic acids is 1. The molecule has 1 fully saturated rings. The number of carbonyl (C=O) groups is 1. The lowest BCUT2D eigenvalue weighted by molar-refractivity contribution is 0.00898. The number of ether oxygens (including phenoxy) is 2. The van der Waals surface area contributed by atoms with E-state index < -0.39 is 0 Å². The Bertz CT molecular complexity index is 369. The summed E-state index contributed by atoms with van der Waals surface area (Å²) in [6.07, 6.45) is 3.31. The molecule has 0 aromatic heterocycles. The van der Waals surface area contributed by atoms with E-state index in [0.717, 1.165) is 18.4 Å².